The topological polar surface area (TPSA) is 55.8 Å². The Labute approximate surface area is 244 Å². The number of fused-ring (bicyclic) bond motifs is 1. The maximum atomic E-state index is 13.4. The first-order chi connectivity index (χ1) is 19.6. The number of anilines is 1. The maximum absolute atomic E-state index is 13.4. The van der Waals surface area contributed by atoms with Gasteiger partial charge in [0.2, 0.25) is 0 Å². The van der Waals surface area contributed by atoms with Crippen LogP contribution in [-0.4, -0.2) is 28.7 Å². The van der Waals surface area contributed by atoms with Crippen LogP contribution >= 0.6 is 11.6 Å². The molecule has 0 saturated carbocycles. The van der Waals surface area contributed by atoms with Crippen molar-refractivity contribution in [1.29, 1.82) is 0 Å². The fraction of sp³-hybridized carbons (Fsp3) is 0.241. The van der Waals surface area contributed by atoms with E-state index in [-0.39, 0.29) is 35.2 Å². The molecule has 0 radical (unpaired) electrons. The quantitative estimate of drug-likeness (QED) is 0.155. The second kappa shape index (κ2) is 13.1. The van der Waals surface area contributed by atoms with Gasteiger partial charge in [-0.15, -0.1) is 0 Å². The van der Waals surface area contributed by atoms with E-state index in [0.717, 1.165) is 46.8 Å². The van der Waals surface area contributed by atoms with E-state index in [4.69, 9.17) is 21.1 Å². The summed E-state index contributed by atoms with van der Waals surface area (Å²) >= 11 is 5.97. The Morgan fingerprint density at radius 2 is 1.71 bits per heavy atom. The molecule has 3 aromatic carbocycles. The van der Waals surface area contributed by atoms with Gasteiger partial charge < -0.3 is 9.47 Å². The summed E-state index contributed by atoms with van der Waals surface area (Å²) in [6, 6.07) is 11.0. The van der Waals surface area contributed by atoms with E-state index in [1.807, 2.05) is 6.92 Å². The van der Waals surface area contributed by atoms with Crippen LogP contribution < -0.4 is 9.04 Å². The highest BCUT2D eigenvalue weighted by Crippen LogP contribution is 2.39. The van der Waals surface area contributed by atoms with Crippen molar-refractivity contribution in [3.05, 3.63) is 100 Å². The third kappa shape index (κ3) is 7.80. The Kier molecular flexibility index (Phi) is 10.3. The van der Waals surface area contributed by atoms with Gasteiger partial charge in [-0.05, 0) is 48.0 Å². The molecule has 0 fully saturated rings. The Morgan fingerprint density at radius 3 is 2.31 bits per heavy atom. The van der Waals surface area contributed by atoms with Crippen molar-refractivity contribution in [3.63, 3.8) is 0 Å². The number of sulfonamides is 1. The van der Waals surface area contributed by atoms with E-state index in [2.05, 4.69) is 6.58 Å². The first kappa shape index (κ1) is 32.9. The van der Waals surface area contributed by atoms with Crippen molar-refractivity contribution >= 4 is 39.5 Å². The summed E-state index contributed by atoms with van der Waals surface area (Å²) in [5.74, 6) is 0.998. The van der Waals surface area contributed by atoms with Crippen LogP contribution in [0.2, 0.25) is 5.02 Å². The van der Waals surface area contributed by atoms with Crippen LogP contribution in [0, 0.1) is 0 Å². The van der Waals surface area contributed by atoms with Crippen LogP contribution in [0.3, 0.4) is 0 Å². The molecule has 1 aliphatic heterocycles. The number of benzene rings is 3. The minimum atomic E-state index is -4.74. The summed E-state index contributed by atoms with van der Waals surface area (Å²) in [7, 11) is -2.78. The van der Waals surface area contributed by atoms with Crippen molar-refractivity contribution in [2.75, 3.05) is 24.6 Å². The Morgan fingerprint density at radius 1 is 1.02 bits per heavy atom. The highest BCUT2D eigenvalue weighted by molar-refractivity contribution is 7.92. The zero-order valence-electron chi connectivity index (χ0n) is 22.4. The molecule has 3 aromatic rings. The molecule has 0 N–H and O–H groups in total. The molecule has 0 bridgehead atoms. The van der Waals surface area contributed by atoms with Crippen LogP contribution in [0.4, 0.5) is 32.0 Å². The van der Waals surface area contributed by atoms with Crippen molar-refractivity contribution in [2.45, 2.75) is 30.6 Å². The number of halogens is 7. The van der Waals surface area contributed by atoms with Crippen molar-refractivity contribution in [3.8, 4) is 5.75 Å². The third-order valence-electron chi connectivity index (χ3n) is 6.04. The lowest BCUT2D eigenvalue weighted by molar-refractivity contribution is -0.138. The number of alkyl halides is 6. The second-order valence-corrected chi connectivity index (χ2v) is 11.1. The molecule has 0 aromatic heterocycles. The number of hydrogen-bond donors (Lipinski definition) is 0. The van der Waals surface area contributed by atoms with Gasteiger partial charge >= 0.3 is 12.4 Å². The summed E-state index contributed by atoms with van der Waals surface area (Å²) < 4.78 is 117. The summed E-state index contributed by atoms with van der Waals surface area (Å²) in [5.41, 5.74) is -1.98. The number of rotatable bonds is 6. The molecular formula is C29H26ClF6NO4S. The first-order valence-corrected chi connectivity index (χ1v) is 14.1. The van der Waals surface area contributed by atoms with Gasteiger partial charge in [0.15, 0.2) is 0 Å². The SMILES string of the molecule is C=C(CC)OC.O=S(=O)(c1cccc(C(F)(F)F)c1)N1CCOc2ccc(/C=C/c3c(Cl)cccc3C(F)(F)F)cc21. The predicted octanol–water partition coefficient (Wildman–Crippen LogP) is 8.69. The molecule has 1 heterocycles. The molecule has 4 rings (SSSR count). The monoisotopic (exact) mass is 633 g/mol. The normalized spacial score (nSPS) is 13.6. The molecule has 5 nitrogen and oxygen atoms in total. The fourth-order valence-electron chi connectivity index (χ4n) is 3.80. The Hall–Kier alpha value is -3.64. The lowest BCUT2D eigenvalue weighted by Crippen LogP contribution is -2.38. The molecule has 42 heavy (non-hydrogen) atoms. The number of allylic oxidation sites excluding steroid dienone is 1. The van der Waals surface area contributed by atoms with E-state index in [1.165, 1.54) is 36.4 Å². The molecule has 0 atom stereocenters. The van der Waals surface area contributed by atoms with Crippen molar-refractivity contribution < 1.29 is 44.2 Å². The summed E-state index contributed by atoms with van der Waals surface area (Å²) in [6.07, 6.45) is -6.00. The molecule has 0 amide bonds. The summed E-state index contributed by atoms with van der Waals surface area (Å²) in [6.45, 7) is 5.35. The molecule has 0 saturated heterocycles. The minimum Gasteiger partial charge on any atom is -0.502 e. The molecule has 1 aliphatic rings. The van der Waals surface area contributed by atoms with Gasteiger partial charge in [-0.2, -0.15) is 26.3 Å². The van der Waals surface area contributed by atoms with Crippen LogP contribution in [0.1, 0.15) is 35.6 Å². The predicted molar refractivity (Wildman–Crippen MR) is 150 cm³/mol. The van der Waals surface area contributed by atoms with E-state index < -0.39 is 38.4 Å². The van der Waals surface area contributed by atoms with Crippen LogP contribution in [0.25, 0.3) is 12.2 Å². The van der Waals surface area contributed by atoms with E-state index in [9.17, 15) is 34.8 Å². The minimum absolute atomic E-state index is 0.0380. The number of nitrogens with zero attached hydrogens (tertiary/aromatic N) is 1. The highest BCUT2D eigenvalue weighted by atomic mass is 35.5. The Balaban J connectivity index is 0.000000730. The van der Waals surface area contributed by atoms with Gasteiger partial charge in [-0.1, -0.05) is 55.5 Å². The number of methoxy groups -OCH3 is 1. The Bertz CT molecular complexity index is 1560. The average molecular weight is 634 g/mol. The van der Waals surface area contributed by atoms with E-state index in [1.54, 1.807) is 7.11 Å². The average Bonchev–Trinajstić information content (AvgIpc) is 2.95. The summed E-state index contributed by atoms with van der Waals surface area (Å²) in [5, 5.41) is -0.129. The molecular weight excluding hydrogens is 608 g/mol. The van der Waals surface area contributed by atoms with Gasteiger partial charge in [0.1, 0.15) is 12.4 Å². The number of hydrogen-bond acceptors (Lipinski definition) is 4. The van der Waals surface area contributed by atoms with E-state index >= 15 is 0 Å². The largest absolute Gasteiger partial charge is 0.502 e. The molecule has 226 valence electrons. The van der Waals surface area contributed by atoms with Gasteiger partial charge in [0.05, 0.1) is 41.1 Å². The standard InChI is InChI=1S/C24H16ClF6NO3S.C5H10O/c25-20-6-2-5-19(24(29,30)31)18(20)9-7-15-8-10-22-21(13-15)32(11-12-35-22)36(33,34)17-4-1-3-16(14-17)23(26,27)28;1-4-5(2)6-3/h1-10,13-14H,11-12H2;2,4H2,1,3H3/b9-7+;. The third-order valence-corrected chi connectivity index (χ3v) is 8.18. The van der Waals surface area contributed by atoms with Gasteiger partial charge in [-0.3, -0.25) is 4.31 Å². The maximum Gasteiger partial charge on any atom is 0.417 e. The molecule has 13 heteroatoms. The molecule has 0 unspecified atom stereocenters. The lowest BCUT2D eigenvalue weighted by Gasteiger charge is -2.31. The lowest BCUT2D eigenvalue weighted by atomic mass is 10.0. The van der Waals surface area contributed by atoms with Crippen LogP contribution in [0.5, 0.6) is 5.75 Å². The van der Waals surface area contributed by atoms with Crippen LogP contribution in [0.15, 0.2) is 77.9 Å². The zero-order valence-corrected chi connectivity index (χ0v) is 24.0. The molecule has 0 spiro atoms. The first-order valence-electron chi connectivity index (χ1n) is 12.3. The van der Waals surface area contributed by atoms with Crippen molar-refractivity contribution in [2.24, 2.45) is 0 Å². The van der Waals surface area contributed by atoms with Gasteiger partial charge in [-0.25, -0.2) is 8.42 Å². The van der Waals surface area contributed by atoms with E-state index in [0.29, 0.717) is 11.6 Å². The molecule has 0 aliphatic carbocycles. The smallest absolute Gasteiger partial charge is 0.417 e. The number of ether oxygens (including phenoxy) is 2. The fourth-order valence-corrected chi connectivity index (χ4v) is 5.54. The second-order valence-electron chi connectivity index (χ2n) is 8.81. The van der Waals surface area contributed by atoms with Gasteiger partial charge in [0.25, 0.3) is 10.0 Å². The highest BCUT2D eigenvalue weighted by Gasteiger charge is 2.35. The van der Waals surface area contributed by atoms with Gasteiger partial charge in [0, 0.05) is 17.0 Å². The summed E-state index contributed by atoms with van der Waals surface area (Å²) in [4.78, 5) is -0.558. The van der Waals surface area contributed by atoms with Crippen molar-refractivity contribution in [1.82, 2.24) is 0 Å². The zero-order chi connectivity index (χ0) is 31.3. The van der Waals surface area contributed by atoms with Crippen LogP contribution in [-0.2, 0) is 27.1 Å².